The quantitative estimate of drug-likeness (QED) is 0.678. The Hall–Kier alpha value is -2.00. The van der Waals surface area contributed by atoms with Crippen LogP contribution in [0.5, 0.6) is 5.75 Å². The van der Waals surface area contributed by atoms with Crippen molar-refractivity contribution in [3.05, 3.63) is 53.9 Å². The molecule has 2 aromatic carbocycles. The molecule has 3 nitrogen and oxygen atoms in total. The zero-order valence-electron chi connectivity index (χ0n) is 12.1. The summed E-state index contributed by atoms with van der Waals surface area (Å²) >= 11 is 5.94. The van der Waals surface area contributed by atoms with Gasteiger partial charge in [0.1, 0.15) is 11.6 Å². The van der Waals surface area contributed by atoms with Crippen LogP contribution >= 0.6 is 11.6 Å². The van der Waals surface area contributed by atoms with Gasteiger partial charge < -0.3 is 4.74 Å². The predicted octanol–water partition coefficient (Wildman–Crippen LogP) is 4.12. The second kappa shape index (κ2) is 5.78. The monoisotopic (exact) mass is 300 g/mol. The van der Waals surface area contributed by atoms with Gasteiger partial charge in [0.15, 0.2) is 0 Å². The largest absolute Gasteiger partial charge is 0.495 e. The predicted molar refractivity (Wildman–Crippen MR) is 86.8 cm³/mol. The van der Waals surface area contributed by atoms with Crippen LogP contribution in [-0.2, 0) is 6.42 Å². The minimum Gasteiger partial charge on any atom is -0.495 e. The highest BCUT2D eigenvalue weighted by Crippen LogP contribution is 2.29. The Kier molecular flexibility index (Phi) is 3.84. The van der Waals surface area contributed by atoms with Crippen molar-refractivity contribution in [2.24, 2.45) is 0 Å². The van der Waals surface area contributed by atoms with Crippen molar-refractivity contribution >= 4 is 22.6 Å². The lowest BCUT2D eigenvalue weighted by atomic mass is 10.2. The summed E-state index contributed by atoms with van der Waals surface area (Å²) in [5.74, 6) is 2.33. The van der Waals surface area contributed by atoms with Crippen molar-refractivity contribution in [1.29, 1.82) is 0 Å². The summed E-state index contributed by atoms with van der Waals surface area (Å²) in [5.41, 5.74) is 4.23. The van der Waals surface area contributed by atoms with E-state index in [2.05, 4.69) is 23.6 Å². The van der Waals surface area contributed by atoms with Crippen LogP contribution in [0.1, 0.15) is 11.4 Å². The number of hydrogen-bond donors (Lipinski definition) is 0. The summed E-state index contributed by atoms with van der Waals surface area (Å²) in [6, 6.07) is 14.3. The van der Waals surface area contributed by atoms with Gasteiger partial charge in [0, 0.05) is 12.3 Å². The fourth-order valence-electron chi connectivity index (χ4n) is 2.57. The topological polar surface area (TPSA) is 27.1 Å². The normalized spacial score (nSPS) is 11.0. The maximum Gasteiger partial charge on any atom is 0.142 e. The van der Waals surface area contributed by atoms with Crippen LogP contribution in [0, 0.1) is 6.92 Å². The van der Waals surface area contributed by atoms with Gasteiger partial charge in [0.2, 0.25) is 0 Å². The number of hydrogen-bond acceptors (Lipinski definition) is 2. The lowest BCUT2D eigenvalue weighted by molar-refractivity contribution is 0.412. The standard InChI is InChI=1S/C17H17ClN2O/c1-12-7-8-16(21-2)15(11-12)20-14-6-4-3-5-13(14)19-17(20)9-10-18/h3-8,11H,9-10H2,1-2H3. The van der Waals surface area contributed by atoms with E-state index in [0.29, 0.717) is 12.3 Å². The number of aryl methyl sites for hydroxylation is 2. The van der Waals surface area contributed by atoms with Crippen molar-refractivity contribution in [3.8, 4) is 11.4 Å². The van der Waals surface area contributed by atoms with E-state index >= 15 is 0 Å². The highest BCUT2D eigenvalue weighted by atomic mass is 35.5. The van der Waals surface area contributed by atoms with E-state index in [4.69, 9.17) is 21.3 Å². The zero-order valence-corrected chi connectivity index (χ0v) is 12.9. The molecule has 0 saturated heterocycles. The van der Waals surface area contributed by atoms with Crippen molar-refractivity contribution in [2.45, 2.75) is 13.3 Å². The van der Waals surface area contributed by atoms with E-state index in [9.17, 15) is 0 Å². The first-order valence-electron chi connectivity index (χ1n) is 6.92. The summed E-state index contributed by atoms with van der Waals surface area (Å²) in [6.07, 6.45) is 0.716. The zero-order chi connectivity index (χ0) is 14.8. The van der Waals surface area contributed by atoms with Gasteiger partial charge in [0.25, 0.3) is 0 Å². The van der Waals surface area contributed by atoms with Crippen LogP contribution in [0.25, 0.3) is 16.7 Å². The highest BCUT2D eigenvalue weighted by Gasteiger charge is 2.15. The van der Waals surface area contributed by atoms with Gasteiger partial charge >= 0.3 is 0 Å². The van der Waals surface area contributed by atoms with Crippen molar-refractivity contribution in [3.63, 3.8) is 0 Å². The SMILES string of the molecule is COc1ccc(C)cc1-n1c(CCCl)nc2ccccc21. The Morgan fingerprint density at radius 2 is 2.00 bits per heavy atom. The van der Waals surface area contributed by atoms with Crippen LogP contribution in [0.15, 0.2) is 42.5 Å². The fourth-order valence-corrected chi connectivity index (χ4v) is 2.74. The second-order valence-corrected chi connectivity index (χ2v) is 5.34. The van der Waals surface area contributed by atoms with E-state index in [1.807, 2.05) is 30.3 Å². The van der Waals surface area contributed by atoms with E-state index in [0.717, 1.165) is 28.3 Å². The summed E-state index contributed by atoms with van der Waals surface area (Å²) in [5, 5.41) is 0. The first-order valence-corrected chi connectivity index (χ1v) is 7.45. The molecule has 0 spiro atoms. The number of fused-ring (bicyclic) bond motifs is 1. The van der Waals surface area contributed by atoms with Crippen molar-refractivity contribution < 1.29 is 4.74 Å². The maximum atomic E-state index is 5.94. The fraction of sp³-hybridized carbons (Fsp3) is 0.235. The van der Waals surface area contributed by atoms with E-state index in [1.165, 1.54) is 5.56 Å². The molecule has 108 valence electrons. The summed E-state index contributed by atoms with van der Waals surface area (Å²) in [4.78, 5) is 4.71. The molecule has 0 radical (unpaired) electrons. The third kappa shape index (κ3) is 2.49. The summed E-state index contributed by atoms with van der Waals surface area (Å²) in [7, 11) is 1.69. The summed E-state index contributed by atoms with van der Waals surface area (Å²) < 4.78 is 7.67. The minimum atomic E-state index is 0.539. The number of benzene rings is 2. The molecule has 0 unspecified atom stereocenters. The van der Waals surface area contributed by atoms with Gasteiger partial charge in [-0.25, -0.2) is 4.98 Å². The second-order valence-electron chi connectivity index (χ2n) is 4.97. The van der Waals surface area contributed by atoms with Crippen LogP contribution in [-0.4, -0.2) is 22.5 Å². The third-order valence-electron chi connectivity index (χ3n) is 3.52. The van der Waals surface area contributed by atoms with Gasteiger partial charge in [-0.15, -0.1) is 11.6 Å². The van der Waals surface area contributed by atoms with Crippen LogP contribution < -0.4 is 4.74 Å². The van der Waals surface area contributed by atoms with Gasteiger partial charge in [-0.1, -0.05) is 18.2 Å². The number of nitrogens with zero attached hydrogens (tertiary/aromatic N) is 2. The Bertz CT molecular complexity index is 780. The van der Waals surface area contributed by atoms with E-state index in [1.54, 1.807) is 7.11 Å². The number of para-hydroxylation sites is 2. The molecule has 0 amide bonds. The third-order valence-corrected chi connectivity index (χ3v) is 3.71. The molecule has 0 N–H and O–H groups in total. The van der Waals surface area contributed by atoms with Gasteiger partial charge in [-0.3, -0.25) is 4.57 Å². The van der Waals surface area contributed by atoms with Crippen LogP contribution in [0.3, 0.4) is 0 Å². The average molecular weight is 301 g/mol. The molecular formula is C17H17ClN2O. The molecular weight excluding hydrogens is 284 g/mol. The lowest BCUT2D eigenvalue weighted by Crippen LogP contribution is -2.04. The van der Waals surface area contributed by atoms with Crippen LogP contribution in [0.2, 0.25) is 0 Å². The molecule has 0 aliphatic heterocycles. The van der Waals surface area contributed by atoms with Gasteiger partial charge in [-0.05, 0) is 36.8 Å². The molecule has 0 bridgehead atoms. The number of halogens is 1. The number of methoxy groups -OCH3 is 1. The number of rotatable bonds is 4. The molecule has 0 fully saturated rings. The number of imidazole rings is 1. The molecule has 1 heterocycles. The Balaban J connectivity index is 2.32. The first-order chi connectivity index (χ1) is 10.2. The number of ether oxygens (including phenoxy) is 1. The smallest absolute Gasteiger partial charge is 0.142 e. The Labute approximate surface area is 129 Å². The molecule has 0 atom stereocenters. The molecule has 3 rings (SSSR count). The molecule has 3 aromatic rings. The molecule has 0 aliphatic rings. The summed E-state index contributed by atoms with van der Waals surface area (Å²) in [6.45, 7) is 2.07. The van der Waals surface area contributed by atoms with Gasteiger partial charge in [0.05, 0.1) is 23.8 Å². The molecule has 0 saturated carbocycles. The van der Waals surface area contributed by atoms with Crippen molar-refractivity contribution in [2.75, 3.05) is 13.0 Å². The first kappa shape index (κ1) is 14.0. The molecule has 4 heteroatoms. The Morgan fingerprint density at radius 3 is 2.76 bits per heavy atom. The molecule has 0 aliphatic carbocycles. The van der Waals surface area contributed by atoms with E-state index < -0.39 is 0 Å². The Morgan fingerprint density at radius 1 is 1.19 bits per heavy atom. The van der Waals surface area contributed by atoms with Gasteiger partial charge in [-0.2, -0.15) is 0 Å². The molecule has 21 heavy (non-hydrogen) atoms. The average Bonchev–Trinajstić information content (AvgIpc) is 2.85. The van der Waals surface area contributed by atoms with E-state index in [-0.39, 0.29) is 0 Å². The highest BCUT2D eigenvalue weighted by molar-refractivity contribution is 6.17. The molecule has 1 aromatic heterocycles. The van der Waals surface area contributed by atoms with Crippen molar-refractivity contribution in [1.82, 2.24) is 9.55 Å². The number of aromatic nitrogens is 2. The maximum absolute atomic E-state index is 5.94. The lowest BCUT2D eigenvalue weighted by Gasteiger charge is -2.14. The minimum absolute atomic E-state index is 0.539. The van der Waals surface area contributed by atoms with Crippen LogP contribution in [0.4, 0.5) is 0 Å². The number of alkyl halides is 1.